The van der Waals surface area contributed by atoms with Crippen LogP contribution in [0.4, 0.5) is 0 Å². The highest BCUT2D eigenvalue weighted by Gasteiger charge is 2.40. The lowest BCUT2D eigenvalue weighted by molar-refractivity contribution is -0.123. The Balaban J connectivity index is 1.41. The Hall–Kier alpha value is -1.35. The van der Waals surface area contributed by atoms with Gasteiger partial charge in [0, 0.05) is 12.5 Å². The van der Waals surface area contributed by atoms with Crippen LogP contribution in [0.3, 0.4) is 0 Å². The van der Waals surface area contributed by atoms with Gasteiger partial charge in [0.2, 0.25) is 5.91 Å². The molecule has 3 aliphatic carbocycles. The van der Waals surface area contributed by atoms with Crippen molar-refractivity contribution in [2.45, 2.75) is 50.6 Å². The van der Waals surface area contributed by atoms with E-state index in [-0.39, 0.29) is 18.0 Å². The molecule has 0 spiro atoms. The molecule has 5 atom stereocenters. The molecule has 3 heteroatoms. The molecule has 5 unspecified atom stereocenters. The van der Waals surface area contributed by atoms with Crippen molar-refractivity contribution >= 4 is 5.91 Å². The third kappa shape index (κ3) is 2.38. The van der Waals surface area contributed by atoms with Gasteiger partial charge >= 0.3 is 0 Å². The molecular formula is C18H24N2O. The van der Waals surface area contributed by atoms with E-state index >= 15 is 0 Å². The summed E-state index contributed by atoms with van der Waals surface area (Å²) in [6, 6.07) is 8.33. The van der Waals surface area contributed by atoms with Crippen LogP contribution < -0.4 is 11.1 Å². The lowest BCUT2D eigenvalue weighted by Gasteiger charge is -2.23. The van der Waals surface area contributed by atoms with E-state index in [0.29, 0.717) is 12.3 Å². The Morgan fingerprint density at radius 2 is 2.10 bits per heavy atom. The number of carbonyl (C=O) groups excluding carboxylic acids is 1. The lowest BCUT2D eigenvalue weighted by atomic mass is 9.86. The summed E-state index contributed by atoms with van der Waals surface area (Å²) in [4.78, 5) is 12.4. The van der Waals surface area contributed by atoms with Gasteiger partial charge < -0.3 is 11.1 Å². The molecule has 0 aliphatic heterocycles. The maximum absolute atomic E-state index is 12.4. The number of nitrogens with two attached hydrogens (primary N) is 1. The Labute approximate surface area is 126 Å². The summed E-state index contributed by atoms with van der Waals surface area (Å²) in [5.41, 5.74) is 8.73. The molecule has 0 radical (unpaired) electrons. The van der Waals surface area contributed by atoms with Crippen LogP contribution in [0.25, 0.3) is 0 Å². The molecule has 3 N–H and O–H groups in total. The van der Waals surface area contributed by atoms with Gasteiger partial charge in [-0.05, 0) is 54.6 Å². The molecule has 1 aromatic rings. The van der Waals surface area contributed by atoms with Crippen LogP contribution in [-0.4, -0.2) is 11.9 Å². The smallest absolute Gasteiger partial charge is 0.220 e. The van der Waals surface area contributed by atoms with Gasteiger partial charge in [0.1, 0.15) is 0 Å². The largest absolute Gasteiger partial charge is 0.348 e. The van der Waals surface area contributed by atoms with Gasteiger partial charge in [-0.15, -0.1) is 0 Å². The molecule has 3 aliphatic rings. The van der Waals surface area contributed by atoms with Gasteiger partial charge in [-0.3, -0.25) is 4.79 Å². The Morgan fingerprint density at radius 3 is 2.86 bits per heavy atom. The fraction of sp³-hybridized carbons (Fsp3) is 0.611. The van der Waals surface area contributed by atoms with Crippen molar-refractivity contribution in [3.8, 4) is 0 Å². The Kier molecular flexibility index (Phi) is 3.26. The predicted octanol–water partition coefficient (Wildman–Crippen LogP) is 2.55. The second kappa shape index (κ2) is 5.13. The zero-order valence-electron chi connectivity index (χ0n) is 12.4. The van der Waals surface area contributed by atoms with Crippen molar-refractivity contribution in [3.05, 3.63) is 35.4 Å². The molecule has 21 heavy (non-hydrogen) atoms. The Bertz CT molecular complexity index is 556. The van der Waals surface area contributed by atoms with Gasteiger partial charge in [-0.25, -0.2) is 0 Å². The fourth-order valence-electron chi connectivity index (χ4n) is 4.91. The minimum absolute atomic E-state index is 0.00675. The SMILES string of the molecule is NC1Cc2ccccc2C1NC(=O)CC1CC2CCC1C2. The number of nitrogens with one attached hydrogen (secondary N) is 1. The van der Waals surface area contributed by atoms with E-state index < -0.39 is 0 Å². The number of hydrogen-bond acceptors (Lipinski definition) is 2. The normalized spacial score (nSPS) is 36.7. The highest BCUT2D eigenvalue weighted by Crippen LogP contribution is 2.49. The molecule has 2 saturated carbocycles. The average molecular weight is 284 g/mol. The quantitative estimate of drug-likeness (QED) is 0.896. The molecular weight excluding hydrogens is 260 g/mol. The first kappa shape index (κ1) is 13.3. The van der Waals surface area contributed by atoms with Gasteiger partial charge in [-0.2, -0.15) is 0 Å². The van der Waals surface area contributed by atoms with Crippen molar-refractivity contribution in [3.63, 3.8) is 0 Å². The summed E-state index contributed by atoms with van der Waals surface area (Å²) in [5, 5.41) is 3.21. The van der Waals surface area contributed by atoms with Crippen LogP contribution in [-0.2, 0) is 11.2 Å². The molecule has 112 valence electrons. The maximum Gasteiger partial charge on any atom is 0.220 e. The first-order valence-corrected chi connectivity index (χ1v) is 8.33. The van der Waals surface area contributed by atoms with E-state index in [0.717, 1.165) is 18.3 Å². The molecule has 1 aromatic carbocycles. The number of carbonyl (C=O) groups is 1. The van der Waals surface area contributed by atoms with E-state index in [1.54, 1.807) is 0 Å². The Morgan fingerprint density at radius 1 is 1.24 bits per heavy atom. The molecule has 0 aromatic heterocycles. The van der Waals surface area contributed by atoms with Crippen LogP contribution in [0.2, 0.25) is 0 Å². The van der Waals surface area contributed by atoms with Crippen molar-refractivity contribution in [2.75, 3.05) is 0 Å². The van der Waals surface area contributed by atoms with Crippen LogP contribution in [0.15, 0.2) is 24.3 Å². The van der Waals surface area contributed by atoms with E-state index in [1.807, 2.05) is 12.1 Å². The van der Waals surface area contributed by atoms with E-state index in [2.05, 4.69) is 17.4 Å². The maximum atomic E-state index is 12.4. The summed E-state index contributed by atoms with van der Waals surface area (Å²) in [6.45, 7) is 0. The topological polar surface area (TPSA) is 55.1 Å². The minimum Gasteiger partial charge on any atom is -0.348 e. The first-order chi connectivity index (χ1) is 10.2. The van der Waals surface area contributed by atoms with Gasteiger partial charge in [0.25, 0.3) is 0 Å². The first-order valence-electron chi connectivity index (χ1n) is 8.33. The van der Waals surface area contributed by atoms with Crippen molar-refractivity contribution in [2.24, 2.45) is 23.5 Å². The highest BCUT2D eigenvalue weighted by atomic mass is 16.1. The molecule has 2 bridgehead atoms. The third-order valence-corrected chi connectivity index (χ3v) is 5.92. The minimum atomic E-state index is 0.00675. The van der Waals surface area contributed by atoms with Crippen LogP contribution in [0.1, 0.15) is 49.3 Å². The molecule has 3 nitrogen and oxygen atoms in total. The summed E-state index contributed by atoms with van der Waals surface area (Å²) in [7, 11) is 0. The molecule has 0 heterocycles. The van der Waals surface area contributed by atoms with Crippen LogP contribution in [0, 0.1) is 17.8 Å². The number of hydrogen-bond donors (Lipinski definition) is 2. The van der Waals surface area contributed by atoms with Gasteiger partial charge in [-0.1, -0.05) is 30.7 Å². The van der Waals surface area contributed by atoms with Gasteiger partial charge in [0.15, 0.2) is 0 Å². The number of fused-ring (bicyclic) bond motifs is 3. The highest BCUT2D eigenvalue weighted by molar-refractivity contribution is 5.77. The van der Waals surface area contributed by atoms with Crippen molar-refractivity contribution < 1.29 is 4.79 Å². The van der Waals surface area contributed by atoms with Crippen molar-refractivity contribution in [1.82, 2.24) is 5.32 Å². The third-order valence-electron chi connectivity index (χ3n) is 5.92. The molecule has 2 fully saturated rings. The summed E-state index contributed by atoms with van der Waals surface area (Å²) in [6.07, 6.45) is 6.94. The van der Waals surface area contributed by atoms with E-state index in [9.17, 15) is 4.79 Å². The standard InChI is InChI=1S/C18H24N2O/c19-16-9-13-3-1-2-4-15(13)18(16)20-17(21)10-14-8-11-5-6-12(14)7-11/h1-4,11-12,14,16,18H,5-10,19H2,(H,20,21). The van der Waals surface area contributed by atoms with Crippen LogP contribution >= 0.6 is 0 Å². The second-order valence-electron chi connectivity index (χ2n) is 7.25. The number of rotatable bonds is 3. The predicted molar refractivity (Wildman–Crippen MR) is 82.6 cm³/mol. The summed E-state index contributed by atoms with van der Waals surface area (Å²) >= 11 is 0. The summed E-state index contributed by atoms with van der Waals surface area (Å²) in [5.74, 6) is 2.54. The number of amides is 1. The summed E-state index contributed by atoms with van der Waals surface area (Å²) < 4.78 is 0. The molecule has 1 amide bonds. The second-order valence-corrected chi connectivity index (χ2v) is 7.25. The van der Waals surface area contributed by atoms with Crippen LogP contribution in [0.5, 0.6) is 0 Å². The van der Waals surface area contributed by atoms with E-state index in [4.69, 9.17) is 5.73 Å². The van der Waals surface area contributed by atoms with Gasteiger partial charge in [0.05, 0.1) is 6.04 Å². The fourth-order valence-corrected chi connectivity index (χ4v) is 4.91. The lowest BCUT2D eigenvalue weighted by Crippen LogP contribution is -2.39. The molecule has 0 saturated heterocycles. The number of benzene rings is 1. The molecule has 4 rings (SSSR count). The average Bonchev–Trinajstić information content (AvgIpc) is 3.14. The van der Waals surface area contributed by atoms with E-state index in [1.165, 1.54) is 36.8 Å². The zero-order valence-corrected chi connectivity index (χ0v) is 12.4. The zero-order chi connectivity index (χ0) is 14.4. The monoisotopic (exact) mass is 284 g/mol. The van der Waals surface area contributed by atoms with Crippen molar-refractivity contribution in [1.29, 1.82) is 0 Å².